The van der Waals surface area contributed by atoms with Crippen molar-refractivity contribution in [3.05, 3.63) is 88.0 Å². The Kier molecular flexibility index (Phi) is 3.61. The van der Waals surface area contributed by atoms with Crippen LogP contribution in [0, 0.1) is 0 Å². The normalized spacial score (nSPS) is 17.0. The first-order valence-electron chi connectivity index (χ1n) is 10.6. The highest BCUT2D eigenvalue weighted by molar-refractivity contribution is 6.07. The van der Waals surface area contributed by atoms with Gasteiger partial charge in [-0.05, 0) is 83.5 Å². The largest absolute Gasteiger partial charge is 0.488 e. The summed E-state index contributed by atoms with van der Waals surface area (Å²) in [6.07, 6.45) is 10.1. The summed E-state index contributed by atoms with van der Waals surface area (Å²) in [6.45, 7) is 5.21. The minimum absolute atomic E-state index is 0.659. The van der Waals surface area contributed by atoms with E-state index in [1.807, 2.05) is 0 Å². The number of allylic oxidation sites excluding steroid dienone is 4. The van der Waals surface area contributed by atoms with E-state index in [0.29, 0.717) is 6.61 Å². The molecule has 1 aliphatic heterocycles. The van der Waals surface area contributed by atoms with Crippen molar-refractivity contribution in [2.75, 3.05) is 6.61 Å². The molecule has 0 atom stereocenters. The molecule has 0 saturated heterocycles. The zero-order valence-corrected chi connectivity index (χ0v) is 17.0. The number of hydrogen-bond donors (Lipinski definition) is 0. The fraction of sp³-hybridized carbons (Fsp3) is 0.214. The highest BCUT2D eigenvalue weighted by atomic mass is 16.5. The zero-order chi connectivity index (χ0) is 19.5. The van der Waals surface area contributed by atoms with Crippen LogP contribution in [0.4, 0.5) is 0 Å². The van der Waals surface area contributed by atoms with E-state index in [1.165, 1.54) is 73.7 Å². The summed E-state index contributed by atoms with van der Waals surface area (Å²) in [6, 6.07) is 15.8. The monoisotopic (exact) mass is 376 g/mol. The lowest BCUT2D eigenvalue weighted by atomic mass is 9.86. The maximum absolute atomic E-state index is 6.11. The van der Waals surface area contributed by atoms with Crippen molar-refractivity contribution in [1.82, 2.24) is 0 Å². The van der Waals surface area contributed by atoms with Crippen LogP contribution in [0.1, 0.15) is 48.9 Å². The Morgan fingerprint density at radius 2 is 1.83 bits per heavy atom. The Balaban J connectivity index is 1.59. The molecule has 0 unspecified atom stereocenters. The molecule has 0 spiro atoms. The molecular weight excluding hydrogens is 352 g/mol. The fourth-order valence-electron chi connectivity index (χ4n) is 5.47. The lowest BCUT2D eigenvalue weighted by Gasteiger charge is -2.20. The molecule has 3 aromatic carbocycles. The molecule has 0 fully saturated rings. The standard InChI is InChI=1S/C28H24O/c1-17-7-5-8-18(2)26(17)19-12-13-21-20(15-19)16-25-24-11-6-14-29-28(24)23-10-4-3-9-22(23)27(21)25/h3-4,6-7,9-13,15H,5,8,14,16H2,1-2H3. The van der Waals surface area contributed by atoms with Gasteiger partial charge in [0.25, 0.3) is 0 Å². The number of ether oxygens (including phenoxy) is 1. The predicted octanol–water partition coefficient (Wildman–Crippen LogP) is 7.33. The first-order valence-corrected chi connectivity index (χ1v) is 10.6. The van der Waals surface area contributed by atoms with Crippen LogP contribution in [0.25, 0.3) is 33.5 Å². The Morgan fingerprint density at radius 3 is 2.69 bits per heavy atom. The van der Waals surface area contributed by atoms with Gasteiger partial charge < -0.3 is 4.74 Å². The van der Waals surface area contributed by atoms with Crippen LogP contribution in [0.15, 0.2) is 65.8 Å². The second-order valence-electron chi connectivity index (χ2n) is 8.49. The van der Waals surface area contributed by atoms with Crippen molar-refractivity contribution in [1.29, 1.82) is 0 Å². The first-order chi connectivity index (χ1) is 14.2. The van der Waals surface area contributed by atoms with Gasteiger partial charge in [0.15, 0.2) is 0 Å². The van der Waals surface area contributed by atoms with Crippen LogP contribution < -0.4 is 4.74 Å². The van der Waals surface area contributed by atoms with Crippen LogP contribution in [0.2, 0.25) is 0 Å². The summed E-state index contributed by atoms with van der Waals surface area (Å²) >= 11 is 0. The van der Waals surface area contributed by atoms with E-state index >= 15 is 0 Å². The third kappa shape index (κ3) is 2.40. The summed E-state index contributed by atoms with van der Waals surface area (Å²) < 4.78 is 6.11. The molecule has 0 bridgehead atoms. The van der Waals surface area contributed by atoms with Gasteiger partial charge in [-0.1, -0.05) is 60.2 Å². The molecule has 0 saturated carbocycles. The van der Waals surface area contributed by atoms with Crippen molar-refractivity contribution in [3.8, 4) is 16.9 Å². The molecule has 3 aromatic rings. The van der Waals surface area contributed by atoms with Crippen molar-refractivity contribution < 1.29 is 4.74 Å². The molecule has 1 heterocycles. The summed E-state index contributed by atoms with van der Waals surface area (Å²) in [5.74, 6) is 1.06. The van der Waals surface area contributed by atoms with Gasteiger partial charge in [0.05, 0.1) is 0 Å². The molecule has 1 heteroatoms. The van der Waals surface area contributed by atoms with Crippen LogP contribution in [0.5, 0.6) is 5.75 Å². The van der Waals surface area contributed by atoms with Gasteiger partial charge in [0.2, 0.25) is 0 Å². The summed E-state index contributed by atoms with van der Waals surface area (Å²) in [4.78, 5) is 0. The lowest BCUT2D eigenvalue weighted by Crippen LogP contribution is -2.04. The minimum atomic E-state index is 0.659. The van der Waals surface area contributed by atoms with Crippen molar-refractivity contribution >= 4 is 22.4 Å². The Bertz CT molecular complexity index is 1280. The molecule has 29 heavy (non-hydrogen) atoms. The number of fused-ring (bicyclic) bond motifs is 8. The molecule has 0 N–H and O–H groups in total. The highest BCUT2D eigenvalue weighted by Crippen LogP contribution is 2.49. The topological polar surface area (TPSA) is 9.23 Å². The summed E-state index contributed by atoms with van der Waals surface area (Å²) in [5, 5.41) is 2.54. The Hall–Kier alpha value is -3.06. The van der Waals surface area contributed by atoms with Gasteiger partial charge in [-0.3, -0.25) is 0 Å². The van der Waals surface area contributed by atoms with E-state index in [1.54, 1.807) is 0 Å². The molecule has 6 rings (SSSR count). The molecule has 0 amide bonds. The minimum Gasteiger partial charge on any atom is -0.488 e. The number of rotatable bonds is 1. The van der Waals surface area contributed by atoms with E-state index in [9.17, 15) is 0 Å². The van der Waals surface area contributed by atoms with Gasteiger partial charge in [-0.2, -0.15) is 0 Å². The Morgan fingerprint density at radius 1 is 0.966 bits per heavy atom. The van der Waals surface area contributed by atoms with Crippen molar-refractivity contribution in [3.63, 3.8) is 0 Å². The molecule has 0 aromatic heterocycles. The molecule has 142 valence electrons. The van der Waals surface area contributed by atoms with E-state index in [0.717, 1.165) is 12.2 Å². The molecule has 2 aliphatic carbocycles. The third-order valence-corrected chi connectivity index (χ3v) is 6.74. The second kappa shape index (κ2) is 6.22. The average Bonchev–Trinajstić information content (AvgIpc) is 3.13. The quantitative estimate of drug-likeness (QED) is 0.338. The number of hydrogen-bond acceptors (Lipinski definition) is 1. The first kappa shape index (κ1) is 16.9. The SMILES string of the molecule is CC1=CCCC(C)=C1c1ccc2c(c1)Cc1c3c(c4ccccc4c1-2)OCC=C3. The maximum atomic E-state index is 6.11. The molecule has 3 aliphatic rings. The lowest BCUT2D eigenvalue weighted by molar-refractivity contribution is 0.362. The van der Waals surface area contributed by atoms with Crippen molar-refractivity contribution in [2.24, 2.45) is 0 Å². The van der Waals surface area contributed by atoms with Gasteiger partial charge in [-0.25, -0.2) is 0 Å². The van der Waals surface area contributed by atoms with Gasteiger partial charge >= 0.3 is 0 Å². The van der Waals surface area contributed by atoms with E-state index in [2.05, 4.69) is 74.5 Å². The van der Waals surface area contributed by atoms with Crippen LogP contribution in [0.3, 0.4) is 0 Å². The maximum Gasteiger partial charge on any atom is 0.135 e. The summed E-state index contributed by atoms with van der Waals surface area (Å²) in [5.41, 5.74) is 12.7. The number of benzene rings is 3. The van der Waals surface area contributed by atoms with Gasteiger partial charge in [0.1, 0.15) is 12.4 Å². The van der Waals surface area contributed by atoms with Gasteiger partial charge in [0, 0.05) is 10.9 Å². The third-order valence-electron chi connectivity index (χ3n) is 6.74. The average molecular weight is 376 g/mol. The van der Waals surface area contributed by atoms with E-state index < -0.39 is 0 Å². The Labute approximate surface area is 172 Å². The molecular formula is C28H24O. The fourth-order valence-corrected chi connectivity index (χ4v) is 5.47. The zero-order valence-electron chi connectivity index (χ0n) is 17.0. The van der Waals surface area contributed by atoms with E-state index in [4.69, 9.17) is 4.74 Å². The van der Waals surface area contributed by atoms with Crippen LogP contribution >= 0.6 is 0 Å². The smallest absolute Gasteiger partial charge is 0.135 e. The van der Waals surface area contributed by atoms with Crippen LogP contribution in [-0.2, 0) is 6.42 Å². The highest BCUT2D eigenvalue weighted by Gasteiger charge is 2.28. The van der Waals surface area contributed by atoms with Crippen LogP contribution in [-0.4, -0.2) is 6.61 Å². The molecule has 0 radical (unpaired) electrons. The second-order valence-corrected chi connectivity index (χ2v) is 8.49. The van der Waals surface area contributed by atoms with Gasteiger partial charge in [-0.15, -0.1) is 0 Å². The molecule has 1 nitrogen and oxygen atoms in total. The predicted molar refractivity (Wildman–Crippen MR) is 122 cm³/mol. The van der Waals surface area contributed by atoms with E-state index in [-0.39, 0.29) is 0 Å². The summed E-state index contributed by atoms with van der Waals surface area (Å²) in [7, 11) is 0. The van der Waals surface area contributed by atoms with Crippen molar-refractivity contribution in [2.45, 2.75) is 33.1 Å².